The summed E-state index contributed by atoms with van der Waals surface area (Å²) in [5.74, 6) is 0.579. The van der Waals surface area contributed by atoms with Gasteiger partial charge in [-0.05, 0) is 25.2 Å². The van der Waals surface area contributed by atoms with Crippen LogP contribution in [0.25, 0.3) is 0 Å². The zero-order chi connectivity index (χ0) is 11.2. The van der Waals surface area contributed by atoms with E-state index in [1.807, 2.05) is 13.8 Å². The Labute approximate surface area is 84.1 Å². The Balaban J connectivity index is 0.000000791. The molecular weight excluding hydrogens is 191 g/mol. The van der Waals surface area contributed by atoms with E-state index in [1.165, 1.54) is 0 Å². The summed E-state index contributed by atoms with van der Waals surface area (Å²) in [6, 6.07) is 0.0848. The van der Waals surface area contributed by atoms with Crippen LogP contribution < -0.4 is 5.32 Å². The number of rotatable bonds is 2. The van der Waals surface area contributed by atoms with Crippen LogP contribution in [0.5, 0.6) is 0 Å². The van der Waals surface area contributed by atoms with Gasteiger partial charge in [-0.3, -0.25) is 0 Å². The average molecular weight is 211 g/mol. The lowest BCUT2D eigenvalue weighted by atomic mass is 10.1. The van der Waals surface area contributed by atoms with Gasteiger partial charge in [0.15, 0.2) is 0 Å². The van der Waals surface area contributed by atoms with Crippen LogP contribution in [-0.4, -0.2) is 18.8 Å². The molecular formula is C10H20F3N. The van der Waals surface area contributed by atoms with E-state index in [1.54, 1.807) is 0 Å². The van der Waals surface area contributed by atoms with E-state index >= 15 is 0 Å². The Morgan fingerprint density at radius 3 is 2.14 bits per heavy atom. The zero-order valence-electron chi connectivity index (χ0n) is 9.12. The maximum Gasteiger partial charge on any atom is 0.401 e. The first-order valence-corrected chi connectivity index (χ1v) is 5.27. The number of hydrogen-bond acceptors (Lipinski definition) is 1. The van der Waals surface area contributed by atoms with Gasteiger partial charge in [-0.2, -0.15) is 13.2 Å². The van der Waals surface area contributed by atoms with Gasteiger partial charge in [-0.1, -0.05) is 20.8 Å². The Hall–Kier alpha value is -0.250. The summed E-state index contributed by atoms with van der Waals surface area (Å²) < 4.78 is 35.2. The summed E-state index contributed by atoms with van der Waals surface area (Å²) in [6.07, 6.45) is -1.24. The smallest absolute Gasteiger partial charge is 0.306 e. The number of nitrogens with one attached hydrogen (secondary N) is 1. The molecule has 0 radical (unpaired) electrons. The molecule has 1 fully saturated rings. The van der Waals surface area contributed by atoms with Crippen molar-refractivity contribution in [2.24, 2.45) is 5.92 Å². The predicted molar refractivity (Wildman–Crippen MR) is 52.2 cm³/mol. The summed E-state index contributed by atoms with van der Waals surface area (Å²) in [5.41, 5.74) is 0. The SMILES string of the molecule is CC.CC1CCC(NCC(F)(F)F)C1. The van der Waals surface area contributed by atoms with Gasteiger partial charge in [-0.25, -0.2) is 0 Å². The first kappa shape index (κ1) is 13.8. The molecule has 2 atom stereocenters. The molecule has 0 aromatic heterocycles. The first-order chi connectivity index (χ1) is 6.47. The van der Waals surface area contributed by atoms with Crippen LogP contribution in [0.4, 0.5) is 13.2 Å². The summed E-state index contributed by atoms with van der Waals surface area (Å²) >= 11 is 0. The predicted octanol–water partition coefficient (Wildman–Crippen LogP) is 3.35. The van der Waals surface area contributed by atoms with Crippen LogP contribution in [0, 0.1) is 5.92 Å². The number of halogens is 3. The van der Waals surface area contributed by atoms with E-state index < -0.39 is 12.7 Å². The fourth-order valence-corrected chi connectivity index (χ4v) is 1.65. The van der Waals surface area contributed by atoms with Crippen molar-refractivity contribution in [2.45, 2.75) is 52.3 Å². The molecule has 1 nitrogen and oxygen atoms in total. The van der Waals surface area contributed by atoms with E-state index in [-0.39, 0.29) is 6.04 Å². The van der Waals surface area contributed by atoms with E-state index in [0.717, 1.165) is 19.3 Å². The maximum absolute atomic E-state index is 11.7. The molecule has 0 amide bonds. The molecule has 14 heavy (non-hydrogen) atoms. The van der Waals surface area contributed by atoms with Gasteiger partial charge >= 0.3 is 6.18 Å². The van der Waals surface area contributed by atoms with Gasteiger partial charge in [0.2, 0.25) is 0 Å². The first-order valence-electron chi connectivity index (χ1n) is 5.27. The molecule has 1 rings (SSSR count). The number of alkyl halides is 3. The molecule has 0 bridgehead atoms. The molecule has 0 saturated heterocycles. The van der Waals surface area contributed by atoms with E-state index in [0.29, 0.717) is 5.92 Å². The third-order valence-electron chi connectivity index (χ3n) is 2.29. The second-order valence-corrected chi connectivity index (χ2v) is 3.61. The topological polar surface area (TPSA) is 12.0 Å². The Morgan fingerprint density at radius 1 is 1.21 bits per heavy atom. The summed E-state index contributed by atoms with van der Waals surface area (Å²) in [5, 5.41) is 2.53. The highest BCUT2D eigenvalue weighted by Crippen LogP contribution is 2.25. The largest absolute Gasteiger partial charge is 0.401 e. The molecule has 4 heteroatoms. The van der Waals surface area contributed by atoms with Gasteiger partial charge in [0.1, 0.15) is 0 Å². The Bertz CT molecular complexity index is 145. The summed E-state index contributed by atoms with van der Waals surface area (Å²) in [7, 11) is 0. The maximum atomic E-state index is 11.7. The molecule has 1 aliphatic carbocycles. The van der Waals surface area contributed by atoms with Gasteiger partial charge < -0.3 is 5.32 Å². The van der Waals surface area contributed by atoms with Crippen molar-refractivity contribution in [3.8, 4) is 0 Å². The second kappa shape index (κ2) is 6.27. The average Bonchev–Trinajstić information content (AvgIpc) is 2.50. The number of hydrogen-bond donors (Lipinski definition) is 1. The zero-order valence-corrected chi connectivity index (χ0v) is 9.12. The summed E-state index contributed by atoms with van der Waals surface area (Å²) in [4.78, 5) is 0. The van der Waals surface area contributed by atoms with E-state index in [4.69, 9.17) is 0 Å². The van der Waals surface area contributed by atoms with Gasteiger partial charge in [-0.15, -0.1) is 0 Å². The quantitative estimate of drug-likeness (QED) is 0.738. The van der Waals surface area contributed by atoms with Crippen LogP contribution >= 0.6 is 0 Å². The minimum absolute atomic E-state index is 0.0848. The van der Waals surface area contributed by atoms with Crippen LogP contribution in [0.1, 0.15) is 40.0 Å². The van der Waals surface area contributed by atoms with E-state index in [2.05, 4.69) is 12.2 Å². The standard InChI is InChI=1S/C8H14F3N.C2H6/c1-6-2-3-7(4-6)12-5-8(9,10)11;1-2/h6-7,12H,2-5H2,1H3;1-2H3. The lowest BCUT2D eigenvalue weighted by molar-refractivity contribution is -0.126. The lowest BCUT2D eigenvalue weighted by Crippen LogP contribution is -2.35. The highest BCUT2D eigenvalue weighted by Gasteiger charge is 2.29. The molecule has 86 valence electrons. The van der Waals surface area contributed by atoms with Crippen LogP contribution in [0.2, 0.25) is 0 Å². The normalized spacial score (nSPS) is 27.0. The fraction of sp³-hybridized carbons (Fsp3) is 1.00. The third-order valence-corrected chi connectivity index (χ3v) is 2.29. The molecule has 2 unspecified atom stereocenters. The molecule has 0 aromatic rings. The summed E-state index contributed by atoms with van der Waals surface area (Å²) in [6.45, 7) is 5.24. The second-order valence-electron chi connectivity index (χ2n) is 3.61. The highest BCUT2D eigenvalue weighted by molar-refractivity contribution is 4.78. The minimum atomic E-state index is -4.06. The molecule has 0 aromatic carbocycles. The highest BCUT2D eigenvalue weighted by atomic mass is 19.4. The fourth-order valence-electron chi connectivity index (χ4n) is 1.65. The molecule has 1 N–H and O–H groups in total. The Kier molecular flexibility index (Phi) is 6.16. The molecule has 0 spiro atoms. The van der Waals surface area contributed by atoms with Crippen molar-refractivity contribution in [2.75, 3.05) is 6.54 Å². The van der Waals surface area contributed by atoms with Gasteiger partial charge in [0.05, 0.1) is 6.54 Å². The third kappa shape index (κ3) is 6.24. The molecule has 1 saturated carbocycles. The lowest BCUT2D eigenvalue weighted by Gasteiger charge is -2.13. The monoisotopic (exact) mass is 211 g/mol. The van der Waals surface area contributed by atoms with Crippen LogP contribution in [0.15, 0.2) is 0 Å². The van der Waals surface area contributed by atoms with Crippen molar-refractivity contribution < 1.29 is 13.2 Å². The van der Waals surface area contributed by atoms with E-state index in [9.17, 15) is 13.2 Å². The Morgan fingerprint density at radius 2 is 1.79 bits per heavy atom. The van der Waals surface area contributed by atoms with Crippen molar-refractivity contribution in [1.29, 1.82) is 0 Å². The van der Waals surface area contributed by atoms with Crippen LogP contribution in [-0.2, 0) is 0 Å². The van der Waals surface area contributed by atoms with Crippen LogP contribution in [0.3, 0.4) is 0 Å². The van der Waals surface area contributed by atoms with Gasteiger partial charge in [0.25, 0.3) is 0 Å². The minimum Gasteiger partial charge on any atom is -0.306 e. The molecule has 0 aliphatic heterocycles. The van der Waals surface area contributed by atoms with Crippen molar-refractivity contribution >= 4 is 0 Å². The van der Waals surface area contributed by atoms with Gasteiger partial charge in [0, 0.05) is 6.04 Å². The van der Waals surface area contributed by atoms with Crippen molar-refractivity contribution in [3.63, 3.8) is 0 Å². The van der Waals surface area contributed by atoms with Crippen molar-refractivity contribution in [1.82, 2.24) is 5.32 Å². The van der Waals surface area contributed by atoms with Crippen molar-refractivity contribution in [3.05, 3.63) is 0 Å². The molecule has 0 heterocycles. The molecule has 1 aliphatic rings.